The number of carbonyl (C=O) groups is 2. The number of carboxylic acid groups (broad SMARTS) is 1. The Morgan fingerprint density at radius 3 is 2.45 bits per heavy atom. The maximum atomic E-state index is 12.0. The maximum absolute atomic E-state index is 12.0. The third-order valence-electron chi connectivity index (χ3n) is 4.84. The molecule has 0 aliphatic heterocycles. The molecule has 0 aliphatic carbocycles. The number of carbonyl (C=O) groups excluding carboxylic acids is 1. The van der Waals surface area contributed by atoms with Crippen LogP contribution in [0.25, 0.3) is 33.0 Å². The van der Waals surface area contributed by atoms with Gasteiger partial charge in [0.1, 0.15) is 5.01 Å². The van der Waals surface area contributed by atoms with E-state index in [-0.39, 0.29) is 5.56 Å². The van der Waals surface area contributed by atoms with Gasteiger partial charge in [-0.05, 0) is 36.2 Å². The Balaban J connectivity index is 1.78. The van der Waals surface area contributed by atoms with Gasteiger partial charge in [-0.25, -0.2) is 9.78 Å². The fourth-order valence-corrected chi connectivity index (χ4v) is 4.41. The number of carboxylic acids is 1. The lowest BCUT2D eigenvalue weighted by molar-refractivity contribution is 0.0697. The maximum Gasteiger partial charge on any atom is 0.336 e. The van der Waals surface area contributed by atoms with Crippen LogP contribution in [-0.2, 0) is 0 Å². The van der Waals surface area contributed by atoms with E-state index < -0.39 is 5.97 Å². The van der Waals surface area contributed by atoms with Crippen molar-refractivity contribution in [2.45, 2.75) is 6.92 Å². The first kappa shape index (κ1) is 21.2. The number of benzene rings is 3. The first-order valence-electron chi connectivity index (χ1n) is 9.22. The Bertz CT molecular complexity index is 1330. The van der Waals surface area contributed by atoms with Gasteiger partial charge in [0.2, 0.25) is 0 Å². The minimum atomic E-state index is -1.07. The van der Waals surface area contributed by atoms with Crippen LogP contribution >= 0.6 is 34.5 Å². The van der Waals surface area contributed by atoms with Gasteiger partial charge in [0.15, 0.2) is 6.29 Å². The molecule has 154 valence electrons. The van der Waals surface area contributed by atoms with Gasteiger partial charge in [-0.2, -0.15) is 0 Å². The van der Waals surface area contributed by atoms with Crippen LogP contribution in [-0.4, -0.2) is 22.3 Å². The smallest absolute Gasteiger partial charge is 0.336 e. The second-order valence-corrected chi connectivity index (χ2v) is 8.61. The average Bonchev–Trinajstić information content (AvgIpc) is 3.25. The van der Waals surface area contributed by atoms with Gasteiger partial charge in [0, 0.05) is 22.1 Å². The van der Waals surface area contributed by atoms with Gasteiger partial charge in [-0.3, -0.25) is 4.79 Å². The third kappa shape index (κ3) is 4.26. The number of hydrogen-bond acceptors (Lipinski definition) is 4. The minimum Gasteiger partial charge on any atom is -0.478 e. The van der Waals surface area contributed by atoms with Crippen LogP contribution in [0.2, 0.25) is 10.0 Å². The summed E-state index contributed by atoms with van der Waals surface area (Å²) in [5, 5.41) is 13.3. The number of aryl methyl sites for hydroxylation is 1. The number of aldehydes is 1. The van der Waals surface area contributed by atoms with Crippen LogP contribution in [0.3, 0.4) is 0 Å². The van der Waals surface area contributed by atoms with Crippen LogP contribution < -0.4 is 0 Å². The van der Waals surface area contributed by atoms with Crippen molar-refractivity contribution in [3.8, 4) is 33.0 Å². The molecule has 0 atom stereocenters. The summed E-state index contributed by atoms with van der Waals surface area (Å²) in [6, 6.07) is 15.7. The van der Waals surface area contributed by atoms with Crippen molar-refractivity contribution < 1.29 is 14.7 Å². The van der Waals surface area contributed by atoms with Crippen molar-refractivity contribution in [1.29, 1.82) is 0 Å². The number of halogens is 2. The summed E-state index contributed by atoms with van der Waals surface area (Å²) in [5.74, 6) is -1.07. The van der Waals surface area contributed by atoms with E-state index in [4.69, 9.17) is 23.2 Å². The van der Waals surface area contributed by atoms with E-state index in [1.165, 1.54) is 11.3 Å². The van der Waals surface area contributed by atoms with Crippen LogP contribution in [0.5, 0.6) is 0 Å². The van der Waals surface area contributed by atoms with E-state index >= 15 is 0 Å². The number of rotatable bonds is 5. The number of aromatic carboxylic acids is 1. The first-order chi connectivity index (χ1) is 14.9. The largest absolute Gasteiger partial charge is 0.478 e. The molecule has 0 fully saturated rings. The van der Waals surface area contributed by atoms with E-state index in [2.05, 4.69) is 4.98 Å². The average molecular weight is 468 g/mol. The fourth-order valence-electron chi connectivity index (χ4n) is 3.29. The van der Waals surface area contributed by atoms with Crippen molar-refractivity contribution in [1.82, 2.24) is 4.98 Å². The van der Waals surface area contributed by atoms with Gasteiger partial charge in [0.05, 0.1) is 21.3 Å². The minimum absolute atomic E-state index is 0.109. The summed E-state index contributed by atoms with van der Waals surface area (Å²) in [5.41, 5.74) is 4.79. The second kappa shape index (κ2) is 8.63. The first-order valence-corrected chi connectivity index (χ1v) is 10.9. The van der Waals surface area contributed by atoms with Crippen LogP contribution in [0.15, 0.2) is 60.0 Å². The van der Waals surface area contributed by atoms with Gasteiger partial charge < -0.3 is 5.11 Å². The number of nitrogens with zero attached hydrogens (tertiary/aromatic N) is 1. The molecule has 0 amide bonds. The van der Waals surface area contributed by atoms with Crippen molar-refractivity contribution in [2.75, 3.05) is 0 Å². The monoisotopic (exact) mass is 467 g/mol. The Kier molecular flexibility index (Phi) is 5.92. The number of thiazole rings is 1. The Hall–Kier alpha value is -2.99. The highest BCUT2D eigenvalue weighted by atomic mass is 35.5. The van der Waals surface area contributed by atoms with E-state index in [0.717, 1.165) is 23.1 Å². The van der Waals surface area contributed by atoms with E-state index in [1.807, 2.05) is 36.6 Å². The van der Waals surface area contributed by atoms with Crippen molar-refractivity contribution in [3.05, 3.63) is 86.7 Å². The molecular weight excluding hydrogens is 453 g/mol. The summed E-state index contributed by atoms with van der Waals surface area (Å²) in [7, 11) is 0. The Morgan fingerprint density at radius 1 is 0.968 bits per heavy atom. The van der Waals surface area contributed by atoms with Crippen LogP contribution in [0, 0.1) is 6.92 Å². The summed E-state index contributed by atoms with van der Waals surface area (Å²) in [4.78, 5) is 28.2. The van der Waals surface area contributed by atoms with E-state index in [0.29, 0.717) is 37.3 Å². The molecule has 4 rings (SSSR count). The SMILES string of the molecule is Cc1ccc(C=O)c(-c2ccc(-c3nc(-c4ccc(Cl)c(Cl)c4)cs3)cc2C(=O)O)c1. The Morgan fingerprint density at radius 2 is 1.74 bits per heavy atom. The molecular formula is C24H15Cl2NO3S. The predicted octanol–water partition coefficient (Wildman–Crippen LogP) is 7.27. The molecule has 4 aromatic rings. The third-order valence-corrected chi connectivity index (χ3v) is 6.47. The molecule has 0 saturated carbocycles. The molecule has 7 heteroatoms. The summed E-state index contributed by atoms with van der Waals surface area (Å²) < 4.78 is 0. The molecule has 3 aromatic carbocycles. The lowest BCUT2D eigenvalue weighted by atomic mass is 9.93. The predicted molar refractivity (Wildman–Crippen MR) is 126 cm³/mol. The molecule has 1 aromatic heterocycles. The normalized spacial score (nSPS) is 10.8. The second-order valence-electron chi connectivity index (χ2n) is 6.94. The summed E-state index contributed by atoms with van der Waals surface area (Å²) >= 11 is 13.5. The molecule has 1 N–H and O–H groups in total. The fraction of sp³-hybridized carbons (Fsp3) is 0.0417. The highest BCUT2D eigenvalue weighted by Crippen LogP contribution is 2.35. The van der Waals surface area contributed by atoms with Gasteiger partial charge in [0.25, 0.3) is 0 Å². The topological polar surface area (TPSA) is 67.3 Å². The van der Waals surface area contributed by atoms with Crippen LogP contribution in [0.1, 0.15) is 26.3 Å². The molecule has 0 unspecified atom stereocenters. The van der Waals surface area contributed by atoms with Crippen molar-refractivity contribution in [2.24, 2.45) is 0 Å². The van der Waals surface area contributed by atoms with Gasteiger partial charge >= 0.3 is 5.97 Å². The molecule has 0 bridgehead atoms. The zero-order chi connectivity index (χ0) is 22.1. The quantitative estimate of drug-likeness (QED) is 0.313. The van der Waals surface area contributed by atoms with Crippen molar-refractivity contribution >= 4 is 46.8 Å². The zero-order valence-electron chi connectivity index (χ0n) is 16.2. The van der Waals surface area contributed by atoms with E-state index in [1.54, 1.807) is 30.3 Å². The molecule has 0 radical (unpaired) electrons. The van der Waals surface area contributed by atoms with Crippen LogP contribution in [0.4, 0.5) is 0 Å². The van der Waals surface area contributed by atoms with Gasteiger partial charge in [-0.1, -0.05) is 65.2 Å². The van der Waals surface area contributed by atoms with E-state index in [9.17, 15) is 14.7 Å². The molecule has 0 saturated heterocycles. The molecule has 31 heavy (non-hydrogen) atoms. The standard InChI is InChI=1S/C24H15Cl2NO3S/c1-13-2-3-16(11-28)18(8-13)17-6-4-15(9-19(17)24(29)30)23-27-22(12-31-23)14-5-7-20(25)21(26)10-14/h2-12H,1H3,(H,29,30). The van der Waals surface area contributed by atoms with Crippen molar-refractivity contribution in [3.63, 3.8) is 0 Å². The number of aromatic nitrogens is 1. The molecule has 0 aliphatic rings. The summed E-state index contributed by atoms with van der Waals surface area (Å²) in [6.07, 6.45) is 0.735. The summed E-state index contributed by atoms with van der Waals surface area (Å²) in [6.45, 7) is 1.90. The zero-order valence-corrected chi connectivity index (χ0v) is 18.6. The molecule has 4 nitrogen and oxygen atoms in total. The Labute approximate surface area is 192 Å². The highest BCUT2D eigenvalue weighted by Gasteiger charge is 2.17. The highest BCUT2D eigenvalue weighted by molar-refractivity contribution is 7.13. The van der Waals surface area contributed by atoms with Gasteiger partial charge in [-0.15, -0.1) is 11.3 Å². The lowest BCUT2D eigenvalue weighted by Crippen LogP contribution is -2.02. The molecule has 1 heterocycles. The lowest BCUT2D eigenvalue weighted by Gasteiger charge is -2.11. The number of hydrogen-bond donors (Lipinski definition) is 1. The molecule has 0 spiro atoms.